The highest BCUT2D eigenvalue weighted by Gasteiger charge is 2.42. The maximum absolute atomic E-state index is 9.55. The Labute approximate surface area is 186 Å². The minimum Gasteiger partial charge on any atom is -0.478 e. The molecule has 32 heavy (non-hydrogen) atoms. The SMILES string of the molecule is N#CC1(OCc2ccccc2)CCC(COCc2ccccc2)O1.O=C(O)/C=C\C(=O)O. The third-order valence-electron chi connectivity index (χ3n) is 4.42. The molecule has 0 amide bonds. The molecule has 168 valence electrons. The van der Waals surface area contributed by atoms with E-state index in [0.29, 0.717) is 38.4 Å². The van der Waals surface area contributed by atoms with Gasteiger partial charge in [0.15, 0.2) is 0 Å². The molecule has 0 saturated carbocycles. The third-order valence-corrected chi connectivity index (χ3v) is 4.42. The number of carboxylic acid groups (broad SMARTS) is 2. The van der Waals surface area contributed by atoms with Crippen LogP contribution in [0.15, 0.2) is 72.8 Å². The van der Waals surface area contributed by atoms with E-state index < -0.39 is 17.7 Å². The molecule has 2 aromatic rings. The van der Waals surface area contributed by atoms with Gasteiger partial charge in [-0.1, -0.05) is 60.7 Å². The van der Waals surface area contributed by atoms with E-state index in [2.05, 4.69) is 6.07 Å². The molecule has 2 aromatic carbocycles. The van der Waals surface area contributed by atoms with Gasteiger partial charge in [-0.3, -0.25) is 0 Å². The molecule has 1 fully saturated rings. The van der Waals surface area contributed by atoms with Gasteiger partial charge in [0.05, 0.1) is 25.9 Å². The predicted octanol–water partition coefficient (Wildman–Crippen LogP) is 3.53. The van der Waals surface area contributed by atoms with Gasteiger partial charge in [-0.05, 0) is 17.5 Å². The van der Waals surface area contributed by atoms with Crippen LogP contribution >= 0.6 is 0 Å². The molecule has 1 heterocycles. The fourth-order valence-corrected chi connectivity index (χ4v) is 2.88. The topological polar surface area (TPSA) is 126 Å². The number of nitriles is 1. The van der Waals surface area contributed by atoms with Crippen molar-refractivity contribution in [1.82, 2.24) is 0 Å². The zero-order valence-corrected chi connectivity index (χ0v) is 17.4. The smallest absolute Gasteiger partial charge is 0.328 e. The van der Waals surface area contributed by atoms with Crippen LogP contribution in [0.1, 0.15) is 24.0 Å². The minimum absolute atomic E-state index is 0.107. The maximum Gasteiger partial charge on any atom is 0.328 e. The van der Waals surface area contributed by atoms with Crippen LogP contribution in [-0.2, 0) is 37.0 Å². The molecule has 0 radical (unpaired) electrons. The van der Waals surface area contributed by atoms with Crippen molar-refractivity contribution in [3.05, 3.63) is 83.9 Å². The fourth-order valence-electron chi connectivity index (χ4n) is 2.88. The average Bonchev–Trinajstić information content (AvgIpc) is 3.22. The second kappa shape index (κ2) is 13.0. The summed E-state index contributed by atoms with van der Waals surface area (Å²) in [7, 11) is 0. The van der Waals surface area contributed by atoms with Crippen molar-refractivity contribution in [2.45, 2.75) is 37.9 Å². The normalized spacial score (nSPS) is 19.7. The van der Waals surface area contributed by atoms with Gasteiger partial charge in [-0.25, -0.2) is 9.59 Å². The Morgan fingerprint density at radius 1 is 1.00 bits per heavy atom. The number of carboxylic acids is 2. The monoisotopic (exact) mass is 439 g/mol. The molecule has 1 aliphatic heterocycles. The lowest BCUT2D eigenvalue weighted by atomic mass is 10.1. The van der Waals surface area contributed by atoms with Gasteiger partial charge >= 0.3 is 11.9 Å². The number of hydrogen-bond acceptors (Lipinski definition) is 6. The van der Waals surface area contributed by atoms with E-state index in [1.165, 1.54) is 0 Å². The van der Waals surface area contributed by atoms with Gasteiger partial charge in [0, 0.05) is 18.6 Å². The summed E-state index contributed by atoms with van der Waals surface area (Å²) in [4.78, 5) is 19.1. The van der Waals surface area contributed by atoms with Crippen LogP contribution in [0.5, 0.6) is 0 Å². The summed E-state index contributed by atoms with van der Waals surface area (Å²) in [6.45, 7) is 1.38. The van der Waals surface area contributed by atoms with Crippen molar-refractivity contribution in [3.63, 3.8) is 0 Å². The van der Waals surface area contributed by atoms with E-state index in [1.807, 2.05) is 60.7 Å². The molecule has 0 aromatic heterocycles. The highest BCUT2D eigenvalue weighted by molar-refractivity contribution is 5.89. The number of rotatable bonds is 9. The molecule has 2 unspecified atom stereocenters. The second-order valence-electron chi connectivity index (χ2n) is 6.93. The Morgan fingerprint density at radius 3 is 2.03 bits per heavy atom. The highest BCUT2D eigenvalue weighted by Crippen LogP contribution is 2.32. The molecule has 8 heteroatoms. The molecular weight excluding hydrogens is 414 g/mol. The third kappa shape index (κ3) is 9.10. The van der Waals surface area contributed by atoms with E-state index in [9.17, 15) is 14.9 Å². The van der Waals surface area contributed by atoms with Crippen LogP contribution in [0.4, 0.5) is 0 Å². The first-order chi connectivity index (χ1) is 15.4. The Hall–Kier alpha value is -3.51. The molecular formula is C24H25NO7. The summed E-state index contributed by atoms with van der Waals surface area (Å²) >= 11 is 0. The molecule has 2 N–H and O–H groups in total. The summed E-state index contributed by atoms with van der Waals surface area (Å²) in [5.41, 5.74) is 2.15. The molecule has 1 saturated heterocycles. The van der Waals surface area contributed by atoms with Crippen LogP contribution in [0.3, 0.4) is 0 Å². The predicted molar refractivity (Wildman–Crippen MR) is 114 cm³/mol. The molecule has 1 aliphatic rings. The number of carbonyl (C=O) groups is 2. The van der Waals surface area contributed by atoms with E-state index in [4.69, 9.17) is 24.4 Å². The zero-order chi connectivity index (χ0) is 23.2. The molecule has 3 rings (SSSR count). The van der Waals surface area contributed by atoms with Gasteiger partial charge < -0.3 is 24.4 Å². The quantitative estimate of drug-likeness (QED) is 0.568. The van der Waals surface area contributed by atoms with Crippen LogP contribution in [-0.4, -0.2) is 40.6 Å². The summed E-state index contributed by atoms with van der Waals surface area (Å²) in [6.07, 6.45) is 2.33. The van der Waals surface area contributed by atoms with E-state index >= 15 is 0 Å². The van der Waals surface area contributed by atoms with E-state index in [-0.39, 0.29) is 6.10 Å². The second-order valence-corrected chi connectivity index (χ2v) is 6.93. The lowest BCUT2D eigenvalue weighted by Gasteiger charge is -2.22. The van der Waals surface area contributed by atoms with Crippen LogP contribution in [0.25, 0.3) is 0 Å². The Bertz CT molecular complexity index is 908. The van der Waals surface area contributed by atoms with Crippen molar-refractivity contribution in [1.29, 1.82) is 5.26 Å². The summed E-state index contributed by atoms with van der Waals surface area (Å²) in [6, 6.07) is 22.0. The molecule has 0 spiro atoms. The molecule has 0 aliphatic carbocycles. The number of ether oxygens (including phenoxy) is 3. The Morgan fingerprint density at radius 2 is 1.53 bits per heavy atom. The Kier molecular flexibility index (Phi) is 10.1. The number of hydrogen-bond donors (Lipinski definition) is 2. The first-order valence-corrected chi connectivity index (χ1v) is 9.95. The summed E-state index contributed by atoms with van der Waals surface area (Å²) < 4.78 is 17.3. The first-order valence-electron chi connectivity index (χ1n) is 9.95. The lowest BCUT2D eigenvalue weighted by molar-refractivity contribution is -0.202. The molecule has 0 bridgehead atoms. The standard InChI is InChI=1S/C20H21NO3.C4H4O4/c21-16-20(23-14-18-9-5-2-6-10-18)12-11-19(24-20)15-22-13-17-7-3-1-4-8-17;5-3(6)1-2-4(7)8/h1-10,19H,11-15H2;1-2H,(H,5,6)(H,7,8)/b;2-1-. The van der Waals surface area contributed by atoms with Crippen LogP contribution < -0.4 is 0 Å². The Balaban J connectivity index is 0.000000390. The zero-order valence-electron chi connectivity index (χ0n) is 17.4. The van der Waals surface area contributed by atoms with Gasteiger partial charge in [-0.15, -0.1) is 0 Å². The number of aliphatic carboxylic acids is 2. The first kappa shape index (κ1) is 24.8. The van der Waals surface area contributed by atoms with Crippen molar-refractivity contribution in [3.8, 4) is 6.07 Å². The van der Waals surface area contributed by atoms with Crippen LogP contribution in [0.2, 0.25) is 0 Å². The largest absolute Gasteiger partial charge is 0.478 e. The van der Waals surface area contributed by atoms with Crippen molar-refractivity contribution >= 4 is 11.9 Å². The summed E-state index contributed by atoms with van der Waals surface area (Å²) in [5, 5.41) is 25.1. The van der Waals surface area contributed by atoms with Crippen molar-refractivity contribution < 1.29 is 34.0 Å². The van der Waals surface area contributed by atoms with Crippen molar-refractivity contribution in [2.24, 2.45) is 0 Å². The van der Waals surface area contributed by atoms with Gasteiger partial charge in [0.25, 0.3) is 5.79 Å². The maximum atomic E-state index is 9.55. The number of nitrogens with zero attached hydrogens (tertiary/aromatic N) is 1. The van der Waals surface area contributed by atoms with Gasteiger partial charge in [0.2, 0.25) is 0 Å². The van der Waals surface area contributed by atoms with Crippen molar-refractivity contribution in [2.75, 3.05) is 6.61 Å². The molecule has 2 atom stereocenters. The minimum atomic E-state index is -1.26. The van der Waals surface area contributed by atoms with Gasteiger partial charge in [0.1, 0.15) is 6.07 Å². The van der Waals surface area contributed by atoms with Gasteiger partial charge in [-0.2, -0.15) is 5.26 Å². The highest BCUT2D eigenvalue weighted by atomic mass is 16.7. The fraction of sp³-hybridized carbons (Fsp3) is 0.292. The van der Waals surface area contributed by atoms with E-state index in [1.54, 1.807) is 0 Å². The average molecular weight is 439 g/mol. The van der Waals surface area contributed by atoms with Crippen LogP contribution in [0, 0.1) is 11.3 Å². The molecule has 8 nitrogen and oxygen atoms in total. The lowest BCUT2D eigenvalue weighted by Crippen LogP contribution is -2.31. The van der Waals surface area contributed by atoms with E-state index in [0.717, 1.165) is 17.5 Å². The number of benzene rings is 2. The summed E-state index contributed by atoms with van der Waals surface area (Å²) in [5.74, 6) is -3.67.